The summed E-state index contributed by atoms with van der Waals surface area (Å²) in [4.78, 5) is 27.5. The number of aliphatic hydroxyl groups is 11. The molecule has 43 heavy (non-hydrogen) atoms. The lowest BCUT2D eigenvalue weighted by molar-refractivity contribution is -0.261. The first kappa shape index (κ1) is 32.6. The van der Waals surface area contributed by atoms with Crippen molar-refractivity contribution in [3.63, 3.8) is 0 Å². The third-order valence-electron chi connectivity index (χ3n) is 7.69. The van der Waals surface area contributed by atoms with E-state index in [-0.39, 0.29) is 5.75 Å². The topological polar surface area (TPSA) is 295 Å². The number of Topliss-reactive ketones (excluding diaryl/α,β-unsaturated/α-hetero) is 2. The molecule has 0 bridgehead atoms. The first-order valence-electron chi connectivity index (χ1n) is 13.0. The van der Waals surface area contributed by atoms with Crippen molar-refractivity contribution in [3.05, 3.63) is 58.6 Å². The predicted molar refractivity (Wildman–Crippen MR) is 139 cm³/mol. The van der Waals surface area contributed by atoms with Crippen LogP contribution in [0.1, 0.15) is 5.56 Å². The number of allylic oxidation sites excluding steroid dienone is 2. The second-order valence-electron chi connectivity index (χ2n) is 10.4. The van der Waals surface area contributed by atoms with E-state index in [1.165, 1.54) is 30.3 Å². The Bertz CT molecular complexity index is 1320. The lowest BCUT2D eigenvalue weighted by atomic mass is 9.69. The molecule has 0 radical (unpaired) electrons. The Labute approximate surface area is 242 Å². The summed E-state index contributed by atoms with van der Waals surface area (Å²) in [6.07, 6.45) is -18.7. The van der Waals surface area contributed by atoms with Gasteiger partial charge in [0.25, 0.3) is 0 Å². The van der Waals surface area contributed by atoms with E-state index in [4.69, 9.17) is 9.47 Å². The van der Waals surface area contributed by atoms with Crippen LogP contribution in [0.5, 0.6) is 5.75 Å². The molecule has 12 N–H and O–H groups in total. The number of hydrogen-bond acceptors (Lipinski definition) is 16. The average Bonchev–Trinajstić information content (AvgIpc) is 2.97. The molecular formula is C27H32O16. The fourth-order valence-electron chi connectivity index (χ4n) is 5.18. The highest BCUT2D eigenvalue weighted by Crippen LogP contribution is 2.41. The molecular weight excluding hydrogens is 580 g/mol. The van der Waals surface area contributed by atoms with E-state index in [2.05, 4.69) is 0 Å². The van der Waals surface area contributed by atoms with Crippen LogP contribution in [-0.2, 0) is 19.1 Å². The minimum Gasteiger partial charge on any atom is -0.508 e. The maximum absolute atomic E-state index is 13.8. The minimum atomic E-state index is -3.65. The molecule has 4 rings (SSSR count). The van der Waals surface area contributed by atoms with Crippen molar-refractivity contribution < 1.29 is 80.3 Å². The molecule has 1 aromatic carbocycles. The number of benzene rings is 1. The highest BCUT2D eigenvalue weighted by atomic mass is 16.6. The van der Waals surface area contributed by atoms with Gasteiger partial charge >= 0.3 is 0 Å². The van der Waals surface area contributed by atoms with Gasteiger partial charge in [-0.05, 0) is 23.8 Å². The van der Waals surface area contributed by atoms with Crippen LogP contribution < -0.4 is 0 Å². The lowest BCUT2D eigenvalue weighted by Crippen LogP contribution is -2.71. The fraction of sp³-hybridized carbons (Fsp3) is 0.481. The first-order valence-corrected chi connectivity index (χ1v) is 13.0. The molecule has 0 saturated carbocycles. The van der Waals surface area contributed by atoms with Gasteiger partial charge in [0, 0.05) is 0 Å². The SMILES string of the molecule is O=C1C(=C(O)C=Cc2ccc(O)cc2)C(O)=C([C@H](O)[C@H]2OC[C@H](O)[C@H](O)[C@@H]2O)C(=O)[C@@]1(O)[C@H]1O[C@@H](CO)[C@@H](O)[C@@H](O)[C@@H]1O. The quantitative estimate of drug-likeness (QED) is 0.0820. The summed E-state index contributed by atoms with van der Waals surface area (Å²) in [7, 11) is 0. The molecule has 2 fully saturated rings. The maximum atomic E-state index is 13.8. The number of hydrogen-bond donors (Lipinski definition) is 12. The third-order valence-corrected chi connectivity index (χ3v) is 7.69. The summed E-state index contributed by atoms with van der Waals surface area (Å²) in [6, 6.07) is 5.37. The van der Waals surface area contributed by atoms with Gasteiger partial charge in [-0.2, -0.15) is 0 Å². The van der Waals surface area contributed by atoms with Crippen molar-refractivity contribution in [2.24, 2.45) is 0 Å². The van der Waals surface area contributed by atoms with Gasteiger partial charge in [-0.3, -0.25) is 9.59 Å². The number of ether oxygens (including phenoxy) is 2. The Hall–Kier alpha value is -3.26. The zero-order valence-corrected chi connectivity index (χ0v) is 22.2. The summed E-state index contributed by atoms with van der Waals surface area (Å²) in [5.41, 5.74) is -5.76. The van der Waals surface area contributed by atoms with E-state index in [0.717, 1.165) is 6.08 Å². The van der Waals surface area contributed by atoms with E-state index in [1.807, 2.05) is 0 Å². The van der Waals surface area contributed by atoms with Gasteiger partial charge in [0.1, 0.15) is 83.9 Å². The molecule has 1 aliphatic carbocycles. The van der Waals surface area contributed by atoms with Gasteiger partial charge < -0.3 is 70.8 Å². The van der Waals surface area contributed by atoms with E-state index < -0.39 is 114 Å². The number of rotatable bonds is 6. The number of phenols is 1. The largest absolute Gasteiger partial charge is 0.508 e. The summed E-state index contributed by atoms with van der Waals surface area (Å²) in [5.74, 6) is -6.22. The van der Waals surface area contributed by atoms with E-state index in [0.29, 0.717) is 5.56 Å². The molecule has 0 spiro atoms. The Morgan fingerprint density at radius 1 is 0.930 bits per heavy atom. The van der Waals surface area contributed by atoms with E-state index in [9.17, 15) is 70.9 Å². The van der Waals surface area contributed by atoms with Gasteiger partial charge in [0.2, 0.25) is 17.2 Å². The second-order valence-corrected chi connectivity index (χ2v) is 10.4. The van der Waals surface area contributed by atoms with Crippen molar-refractivity contribution in [2.75, 3.05) is 13.2 Å². The fourth-order valence-corrected chi connectivity index (χ4v) is 5.18. The van der Waals surface area contributed by atoms with Crippen LogP contribution >= 0.6 is 0 Å². The summed E-state index contributed by atoms with van der Waals surface area (Å²) >= 11 is 0. The smallest absolute Gasteiger partial charge is 0.219 e. The second kappa shape index (κ2) is 12.4. The van der Waals surface area contributed by atoms with Crippen LogP contribution in [0.25, 0.3) is 6.08 Å². The minimum absolute atomic E-state index is 0.0887. The number of ketones is 2. The first-order chi connectivity index (χ1) is 20.2. The Balaban J connectivity index is 1.88. The number of aliphatic hydroxyl groups excluding tert-OH is 10. The Morgan fingerprint density at radius 2 is 1.56 bits per heavy atom. The van der Waals surface area contributed by atoms with Crippen molar-refractivity contribution in [2.45, 2.75) is 66.6 Å². The standard InChI is InChI=1S/C27H32O16/c28-7-13-17(33)20(36)22(38)26(43-13)27(41)24(39)14(11(30)6-3-9-1-4-10(29)5-2-9)18(34)15(25(27)40)19(35)23-21(37)16(32)12(31)8-42-23/h1-6,12-13,16-17,19-23,26,28-38,41H,7-8H2/t12-,13-,16-,17+,19-,20+,21-,22-,23+,26-,27+/m0/s1. The Morgan fingerprint density at radius 3 is 2.16 bits per heavy atom. The van der Waals surface area contributed by atoms with Crippen LogP contribution in [0.3, 0.4) is 0 Å². The number of carbonyl (C=O) groups excluding carboxylic acids is 2. The van der Waals surface area contributed by atoms with Crippen LogP contribution in [0.15, 0.2) is 53.0 Å². The summed E-state index contributed by atoms with van der Waals surface area (Å²) in [6.45, 7) is -1.69. The van der Waals surface area contributed by atoms with Gasteiger partial charge in [0.15, 0.2) is 0 Å². The van der Waals surface area contributed by atoms with Crippen LogP contribution in [-0.4, -0.2) is 153 Å². The molecule has 11 atom stereocenters. The van der Waals surface area contributed by atoms with Gasteiger partial charge in [0.05, 0.1) is 18.8 Å². The molecule has 0 amide bonds. The molecule has 2 saturated heterocycles. The highest BCUT2D eigenvalue weighted by Gasteiger charge is 2.65. The van der Waals surface area contributed by atoms with Gasteiger partial charge in [-0.25, -0.2) is 0 Å². The van der Waals surface area contributed by atoms with Crippen molar-refractivity contribution in [1.82, 2.24) is 0 Å². The van der Waals surface area contributed by atoms with Gasteiger partial charge in [-0.1, -0.05) is 18.2 Å². The monoisotopic (exact) mass is 612 g/mol. The normalized spacial score (nSPS) is 39.3. The van der Waals surface area contributed by atoms with Crippen molar-refractivity contribution in [1.29, 1.82) is 0 Å². The van der Waals surface area contributed by atoms with Crippen LogP contribution in [0, 0.1) is 0 Å². The third kappa shape index (κ3) is 5.59. The zero-order valence-electron chi connectivity index (χ0n) is 22.2. The number of carbonyl (C=O) groups is 2. The molecule has 2 aliphatic heterocycles. The molecule has 16 heteroatoms. The van der Waals surface area contributed by atoms with E-state index in [1.54, 1.807) is 0 Å². The summed E-state index contributed by atoms with van der Waals surface area (Å²) < 4.78 is 10.4. The summed E-state index contributed by atoms with van der Waals surface area (Å²) in [5, 5.41) is 125. The molecule has 0 aromatic heterocycles. The van der Waals surface area contributed by atoms with E-state index >= 15 is 0 Å². The predicted octanol–water partition coefficient (Wildman–Crippen LogP) is -4.40. The van der Waals surface area contributed by atoms with Crippen LogP contribution in [0.4, 0.5) is 0 Å². The number of phenolic OH excluding ortho intramolecular Hbond substituents is 1. The molecule has 16 nitrogen and oxygen atoms in total. The van der Waals surface area contributed by atoms with Crippen molar-refractivity contribution in [3.8, 4) is 5.75 Å². The molecule has 1 aromatic rings. The zero-order chi connectivity index (χ0) is 32.0. The molecule has 3 aliphatic rings. The van der Waals surface area contributed by atoms with Crippen LogP contribution in [0.2, 0.25) is 0 Å². The van der Waals surface area contributed by atoms with Gasteiger partial charge in [-0.15, -0.1) is 0 Å². The Kier molecular flexibility index (Phi) is 9.41. The molecule has 0 unspecified atom stereocenters. The maximum Gasteiger partial charge on any atom is 0.219 e. The highest BCUT2D eigenvalue weighted by molar-refractivity contribution is 6.28. The number of aromatic hydroxyl groups is 1. The molecule has 236 valence electrons. The molecule has 2 heterocycles. The van der Waals surface area contributed by atoms with Crippen molar-refractivity contribution >= 4 is 17.6 Å². The lowest BCUT2D eigenvalue weighted by Gasteiger charge is -2.47. The average molecular weight is 613 g/mol.